The van der Waals surface area contributed by atoms with Gasteiger partial charge in [0.25, 0.3) is 0 Å². The largest absolute Gasteiger partial charge is 0.486 e. The molecule has 0 unspecified atom stereocenters. The summed E-state index contributed by atoms with van der Waals surface area (Å²) in [5.74, 6) is 0.825. The number of rotatable bonds is 3. The van der Waals surface area contributed by atoms with E-state index < -0.39 is 16.1 Å². The van der Waals surface area contributed by atoms with Crippen LogP contribution in [-0.2, 0) is 14.8 Å². The van der Waals surface area contributed by atoms with E-state index in [-0.39, 0.29) is 5.91 Å². The van der Waals surface area contributed by atoms with Crippen LogP contribution in [-0.4, -0.2) is 50.7 Å². The van der Waals surface area contributed by atoms with Gasteiger partial charge in [-0.2, -0.15) is 4.31 Å². The highest BCUT2D eigenvalue weighted by atomic mass is 79.9. The molecule has 0 aromatic heterocycles. The van der Waals surface area contributed by atoms with Crippen LogP contribution in [0.25, 0.3) is 0 Å². The Labute approximate surface area is 143 Å². The molecule has 7 nitrogen and oxygen atoms in total. The molecule has 0 bridgehead atoms. The molecule has 2 aliphatic rings. The Morgan fingerprint density at radius 1 is 1.30 bits per heavy atom. The predicted molar refractivity (Wildman–Crippen MR) is 88.3 cm³/mol. The molecule has 1 amide bonds. The minimum atomic E-state index is -3.40. The van der Waals surface area contributed by atoms with E-state index in [0.717, 1.165) is 6.26 Å². The minimum Gasteiger partial charge on any atom is -0.486 e. The van der Waals surface area contributed by atoms with Crippen molar-refractivity contribution in [3.05, 3.63) is 16.6 Å². The second-order valence-electron chi connectivity index (χ2n) is 5.50. The van der Waals surface area contributed by atoms with Gasteiger partial charge < -0.3 is 14.8 Å². The second-order valence-corrected chi connectivity index (χ2v) is 8.29. The van der Waals surface area contributed by atoms with Crippen molar-refractivity contribution in [2.75, 3.05) is 31.3 Å². The lowest BCUT2D eigenvalue weighted by molar-refractivity contribution is -0.119. The first-order valence-electron chi connectivity index (χ1n) is 7.23. The molecular weight excluding hydrogens is 388 g/mol. The SMILES string of the molecule is CS(=O)(=O)N1CCC[C@@H]1C(=O)Nc1cc2c(cc1Br)OCCO2. The van der Waals surface area contributed by atoms with Crippen LogP contribution in [0.4, 0.5) is 5.69 Å². The molecule has 2 aliphatic heterocycles. The van der Waals surface area contributed by atoms with E-state index in [4.69, 9.17) is 9.47 Å². The van der Waals surface area contributed by atoms with Crippen LogP contribution in [0.2, 0.25) is 0 Å². The van der Waals surface area contributed by atoms with Gasteiger partial charge >= 0.3 is 0 Å². The molecule has 1 atom stereocenters. The van der Waals surface area contributed by atoms with E-state index in [1.807, 2.05) is 0 Å². The standard InChI is InChI=1S/C14H17BrN2O5S/c1-23(19,20)17-4-2-3-11(17)14(18)16-10-8-13-12(7-9(10)15)21-5-6-22-13/h7-8,11H,2-6H2,1H3,(H,16,18)/t11-/m1/s1. The summed E-state index contributed by atoms with van der Waals surface area (Å²) < 4.78 is 36.4. The number of halogens is 1. The van der Waals surface area contributed by atoms with Gasteiger partial charge in [-0.25, -0.2) is 8.42 Å². The number of nitrogens with zero attached hydrogens (tertiary/aromatic N) is 1. The van der Waals surface area contributed by atoms with Crippen molar-refractivity contribution in [1.29, 1.82) is 0 Å². The first-order valence-corrected chi connectivity index (χ1v) is 9.87. The third-order valence-corrected chi connectivity index (χ3v) is 5.77. The minimum absolute atomic E-state index is 0.342. The second kappa shape index (κ2) is 6.29. The maximum Gasteiger partial charge on any atom is 0.242 e. The van der Waals surface area contributed by atoms with Crippen molar-refractivity contribution in [2.24, 2.45) is 0 Å². The smallest absolute Gasteiger partial charge is 0.242 e. The summed E-state index contributed by atoms with van der Waals surface area (Å²) in [6.07, 6.45) is 2.31. The molecule has 3 rings (SSSR count). The molecule has 23 heavy (non-hydrogen) atoms. The van der Waals surface area contributed by atoms with Crippen LogP contribution >= 0.6 is 15.9 Å². The number of hydrogen-bond acceptors (Lipinski definition) is 5. The van der Waals surface area contributed by atoms with Crippen molar-refractivity contribution in [3.8, 4) is 11.5 Å². The van der Waals surface area contributed by atoms with Crippen LogP contribution in [0.15, 0.2) is 16.6 Å². The number of anilines is 1. The van der Waals surface area contributed by atoms with Crippen molar-refractivity contribution < 1.29 is 22.7 Å². The maximum atomic E-state index is 12.5. The van der Waals surface area contributed by atoms with Crippen LogP contribution < -0.4 is 14.8 Å². The summed E-state index contributed by atoms with van der Waals surface area (Å²) in [7, 11) is -3.40. The van der Waals surface area contributed by atoms with Crippen molar-refractivity contribution in [1.82, 2.24) is 4.31 Å². The van der Waals surface area contributed by atoms with Gasteiger partial charge in [0, 0.05) is 23.2 Å². The lowest BCUT2D eigenvalue weighted by Crippen LogP contribution is -2.42. The van der Waals surface area contributed by atoms with Crippen LogP contribution in [0, 0.1) is 0 Å². The molecule has 1 saturated heterocycles. The average molecular weight is 405 g/mol. The van der Waals surface area contributed by atoms with Gasteiger partial charge in [0.1, 0.15) is 19.3 Å². The molecule has 1 aromatic carbocycles. The normalized spacial score (nSPS) is 21.2. The van der Waals surface area contributed by atoms with Gasteiger partial charge in [0.2, 0.25) is 15.9 Å². The summed E-state index contributed by atoms with van der Waals surface area (Å²) >= 11 is 3.38. The number of benzene rings is 1. The van der Waals surface area contributed by atoms with E-state index >= 15 is 0 Å². The number of nitrogens with one attached hydrogen (secondary N) is 1. The molecule has 0 aliphatic carbocycles. The fourth-order valence-electron chi connectivity index (χ4n) is 2.77. The molecule has 1 fully saturated rings. The van der Waals surface area contributed by atoms with Crippen molar-refractivity contribution in [3.63, 3.8) is 0 Å². The number of carbonyl (C=O) groups is 1. The monoisotopic (exact) mass is 404 g/mol. The zero-order chi connectivity index (χ0) is 16.6. The number of ether oxygens (including phenoxy) is 2. The van der Waals surface area contributed by atoms with Gasteiger partial charge in [-0.1, -0.05) is 0 Å². The Morgan fingerprint density at radius 3 is 2.61 bits per heavy atom. The lowest BCUT2D eigenvalue weighted by atomic mass is 10.2. The topological polar surface area (TPSA) is 84.9 Å². The average Bonchev–Trinajstić information content (AvgIpc) is 2.97. The summed E-state index contributed by atoms with van der Waals surface area (Å²) in [5, 5.41) is 2.78. The highest BCUT2D eigenvalue weighted by molar-refractivity contribution is 9.10. The summed E-state index contributed by atoms with van der Waals surface area (Å²) in [6.45, 7) is 1.31. The molecular formula is C14H17BrN2O5S. The van der Waals surface area contributed by atoms with Crippen LogP contribution in [0.3, 0.4) is 0 Å². The van der Waals surface area contributed by atoms with E-state index in [2.05, 4.69) is 21.2 Å². The van der Waals surface area contributed by atoms with E-state index in [1.54, 1.807) is 12.1 Å². The van der Waals surface area contributed by atoms with Gasteiger partial charge in [-0.3, -0.25) is 4.79 Å². The van der Waals surface area contributed by atoms with Gasteiger partial charge in [-0.15, -0.1) is 0 Å². The summed E-state index contributed by atoms with van der Waals surface area (Å²) in [6, 6.07) is 2.73. The zero-order valence-electron chi connectivity index (χ0n) is 12.5. The number of amides is 1. The Kier molecular flexibility index (Phi) is 4.52. The highest BCUT2D eigenvalue weighted by Crippen LogP contribution is 2.38. The third kappa shape index (κ3) is 3.46. The first-order chi connectivity index (χ1) is 10.9. The molecule has 2 heterocycles. The maximum absolute atomic E-state index is 12.5. The predicted octanol–water partition coefficient (Wildman–Crippen LogP) is 1.58. The fourth-order valence-corrected chi connectivity index (χ4v) is 4.32. The molecule has 126 valence electrons. The zero-order valence-corrected chi connectivity index (χ0v) is 14.9. The number of fused-ring (bicyclic) bond motifs is 1. The Balaban J connectivity index is 1.80. The number of carbonyl (C=O) groups excluding carboxylic acids is 1. The Bertz CT molecular complexity index is 737. The summed E-state index contributed by atoms with van der Waals surface area (Å²) in [4.78, 5) is 12.5. The van der Waals surface area contributed by atoms with E-state index in [0.29, 0.717) is 54.3 Å². The van der Waals surface area contributed by atoms with Crippen LogP contribution in [0.1, 0.15) is 12.8 Å². The highest BCUT2D eigenvalue weighted by Gasteiger charge is 2.36. The molecule has 0 spiro atoms. The Hall–Kier alpha value is -1.32. The number of sulfonamides is 1. The third-order valence-electron chi connectivity index (χ3n) is 3.82. The van der Waals surface area contributed by atoms with Crippen molar-refractivity contribution in [2.45, 2.75) is 18.9 Å². The van der Waals surface area contributed by atoms with E-state index in [9.17, 15) is 13.2 Å². The Morgan fingerprint density at radius 2 is 1.96 bits per heavy atom. The first kappa shape index (κ1) is 16.5. The van der Waals surface area contributed by atoms with Crippen LogP contribution in [0.5, 0.6) is 11.5 Å². The molecule has 9 heteroatoms. The molecule has 0 radical (unpaired) electrons. The van der Waals surface area contributed by atoms with Gasteiger partial charge in [0.05, 0.1) is 11.9 Å². The quantitative estimate of drug-likeness (QED) is 0.826. The summed E-state index contributed by atoms with van der Waals surface area (Å²) in [5.41, 5.74) is 0.527. The lowest BCUT2D eigenvalue weighted by Gasteiger charge is -2.23. The van der Waals surface area contributed by atoms with E-state index in [1.165, 1.54) is 4.31 Å². The van der Waals surface area contributed by atoms with Gasteiger partial charge in [-0.05, 0) is 28.8 Å². The van der Waals surface area contributed by atoms with Crippen molar-refractivity contribution >= 4 is 37.5 Å². The fraction of sp³-hybridized carbons (Fsp3) is 0.500. The van der Waals surface area contributed by atoms with Gasteiger partial charge in [0.15, 0.2) is 11.5 Å². The molecule has 1 N–H and O–H groups in total. The number of hydrogen-bond donors (Lipinski definition) is 1. The molecule has 0 saturated carbocycles. The molecule has 1 aromatic rings.